The van der Waals surface area contributed by atoms with Crippen molar-refractivity contribution in [1.29, 1.82) is 5.26 Å². The number of nitrogens with one attached hydrogen (secondary N) is 1. The molecule has 1 aromatic carbocycles. The molecule has 3 heteroatoms. The molecule has 2 rings (SSSR count). The predicted octanol–water partition coefficient (Wildman–Crippen LogP) is 2.02. The first-order valence-corrected chi connectivity index (χ1v) is 4.77. The summed E-state index contributed by atoms with van der Waals surface area (Å²) >= 11 is 0. The molecule has 1 N–H and O–H groups in total. The van der Waals surface area contributed by atoms with Gasteiger partial charge in [0, 0.05) is 17.1 Å². The van der Waals surface area contributed by atoms with E-state index in [1.807, 2.05) is 30.3 Å². The lowest BCUT2D eigenvalue weighted by Gasteiger charge is -2.10. The number of fused-ring (bicyclic) bond motifs is 1. The molecule has 1 heterocycles. The number of para-hydroxylation sites is 1. The van der Waals surface area contributed by atoms with Crippen molar-refractivity contribution in [3.8, 4) is 6.07 Å². The molecular weight excluding hydrogens is 186 g/mol. The fourth-order valence-corrected chi connectivity index (χ4v) is 1.65. The highest BCUT2D eigenvalue weighted by Crippen LogP contribution is 2.21. The minimum Gasteiger partial charge on any atom is -0.301 e. The lowest BCUT2D eigenvalue weighted by molar-refractivity contribution is 0.731. The molecule has 0 aliphatic carbocycles. The number of nitrogens with zero attached hydrogens (tertiary/aromatic N) is 2. The van der Waals surface area contributed by atoms with E-state index >= 15 is 0 Å². The Labute approximate surface area is 88.4 Å². The molecule has 0 bridgehead atoms. The molecule has 0 aliphatic heterocycles. The number of nitriles is 1. The molecule has 0 aliphatic rings. The first-order valence-electron chi connectivity index (χ1n) is 4.77. The van der Waals surface area contributed by atoms with Gasteiger partial charge in [-0.25, -0.2) is 0 Å². The van der Waals surface area contributed by atoms with Gasteiger partial charge in [0.2, 0.25) is 0 Å². The van der Waals surface area contributed by atoms with Crippen LogP contribution in [0.5, 0.6) is 0 Å². The van der Waals surface area contributed by atoms with E-state index in [0.717, 1.165) is 16.5 Å². The van der Waals surface area contributed by atoms with E-state index in [1.54, 1.807) is 13.2 Å². The molecule has 74 valence electrons. The van der Waals surface area contributed by atoms with Crippen molar-refractivity contribution >= 4 is 10.9 Å². The predicted molar refractivity (Wildman–Crippen MR) is 59.2 cm³/mol. The van der Waals surface area contributed by atoms with Crippen LogP contribution in [0.3, 0.4) is 0 Å². The number of pyridine rings is 1. The molecule has 1 unspecified atom stereocenters. The van der Waals surface area contributed by atoms with E-state index in [1.165, 1.54) is 0 Å². The van der Waals surface area contributed by atoms with Gasteiger partial charge in [0.05, 0.1) is 11.6 Å². The van der Waals surface area contributed by atoms with Crippen LogP contribution in [-0.2, 0) is 0 Å². The summed E-state index contributed by atoms with van der Waals surface area (Å²) in [7, 11) is 1.77. The minimum absolute atomic E-state index is 0.302. The van der Waals surface area contributed by atoms with Crippen molar-refractivity contribution in [2.75, 3.05) is 7.05 Å². The normalized spacial score (nSPS) is 12.3. The summed E-state index contributed by atoms with van der Waals surface area (Å²) in [6.07, 6.45) is 1.75. The third-order valence-corrected chi connectivity index (χ3v) is 2.39. The van der Waals surface area contributed by atoms with Gasteiger partial charge < -0.3 is 5.32 Å². The largest absolute Gasteiger partial charge is 0.301 e. The van der Waals surface area contributed by atoms with E-state index in [4.69, 9.17) is 5.26 Å². The molecule has 0 saturated heterocycles. The van der Waals surface area contributed by atoms with Gasteiger partial charge in [-0.05, 0) is 13.1 Å². The minimum atomic E-state index is -0.302. The summed E-state index contributed by atoms with van der Waals surface area (Å²) in [6.45, 7) is 0. The maximum absolute atomic E-state index is 9.00. The van der Waals surface area contributed by atoms with Crippen molar-refractivity contribution in [3.05, 3.63) is 42.1 Å². The number of hydrogen-bond donors (Lipinski definition) is 1. The third-order valence-electron chi connectivity index (χ3n) is 2.39. The van der Waals surface area contributed by atoms with Crippen LogP contribution in [0.1, 0.15) is 11.6 Å². The zero-order chi connectivity index (χ0) is 10.7. The van der Waals surface area contributed by atoms with Crippen LogP contribution < -0.4 is 5.32 Å². The van der Waals surface area contributed by atoms with Crippen LogP contribution in [0.2, 0.25) is 0 Å². The van der Waals surface area contributed by atoms with Crippen LogP contribution in [0.4, 0.5) is 0 Å². The summed E-state index contributed by atoms with van der Waals surface area (Å²) in [5.41, 5.74) is 1.82. The highest BCUT2D eigenvalue weighted by molar-refractivity contribution is 5.82. The number of benzene rings is 1. The van der Waals surface area contributed by atoms with Crippen molar-refractivity contribution in [1.82, 2.24) is 10.3 Å². The summed E-state index contributed by atoms with van der Waals surface area (Å²) < 4.78 is 0. The van der Waals surface area contributed by atoms with Crippen molar-refractivity contribution in [2.24, 2.45) is 0 Å². The Hall–Kier alpha value is -1.92. The van der Waals surface area contributed by atoms with Gasteiger partial charge >= 0.3 is 0 Å². The molecule has 0 radical (unpaired) electrons. The fraction of sp³-hybridized carbons (Fsp3) is 0.167. The standard InChI is InChI=1S/C12H11N3/c1-14-11(8-13)10-6-2-4-9-5-3-7-15-12(9)10/h2-7,11,14H,1H3. The molecule has 1 aromatic heterocycles. The zero-order valence-corrected chi connectivity index (χ0v) is 8.44. The lowest BCUT2D eigenvalue weighted by Crippen LogP contribution is -2.14. The molecule has 15 heavy (non-hydrogen) atoms. The van der Waals surface area contributed by atoms with Crippen LogP contribution in [-0.4, -0.2) is 12.0 Å². The second kappa shape index (κ2) is 4.07. The highest BCUT2D eigenvalue weighted by atomic mass is 14.9. The fourth-order valence-electron chi connectivity index (χ4n) is 1.65. The average molecular weight is 197 g/mol. The van der Waals surface area contributed by atoms with Crippen LogP contribution in [0.25, 0.3) is 10.9 Å². The van der Waals surface area contributed by atoms with Crippen LogP contribution >= 0.6 is 0 Å². The smallest absolute Gasteiger partial charge is 0.123 e. The Morgan fingerprint density at radius 2 is 2.13 bits per heavy atom. The third kappa shape index (κ3) is 1.67. The summed E-state index contributed by atoms with van der Waals surface area (Å²) in [6, 6.07) is 11.7. The Balaban J connectivity index is 2.66. The van der Waals surface area contributed by atoms with Gasteiger partial charge in [-0.15, -0.1) is 0 Å². The monoisotopic (exact) mass is 197 g/mol. The van der Waals surface area contributed by atoms with Crippen molar-refractivity contribution < 1.29 is 0 Å². The van der Waals surface area contributed by atoms with E-state index < -0.39 is 0 Å². The maximum atomic E-state index is 9.00. The van der Waals surface area contributed by atoms with Gasteiger partial charge in [0.15, 0.2) is 0 Å². The van der Waals surface area contributed by atoms with Gasteiger partial charge in [-0.3, -0.25) is 4.98 Å². The Kier molecular flexibility index (Phi) is 2.61. The van der Waals surface area contributed by atoms with Crippen molar-refractivity contribution in [3.63, 3.8) is 0 Å². The second-order valence-corrected chi connectivity index (χ2v) is 3.27. The van der Waals surface area contributed by atoms with E-state index in [9.17, 15) is 0 Å². The van der Waals surface area contributed by atoms with Gasteiger partial charge in [0.1, 0.15) is 6.04 Å². The first-order chi connectivity index (χ1) is 7.36. The second-order valence-electron chi connectivity index (χ2n) is 3.27. The quantitative estimate of drug-likeness (QED) is 0.801. The lowest BCUT2D eigenvalue weighted by atomic mass is 10.0. The molecule has 2 aromatic rings. The van der Waals surface area contributed by atoms with Crippen LogP contribution in [0, 0.1) is 11.3 Å². The number of rotatable bonds is 2. The summed E-state index contributed by atoms with van der Waals surface area (Å²) in [5, 5.41) is 13.0. The molecule has 0 fully saturated rings. The molecule has 0 saturated carbocycles. The summed E-state index contributed by atoms with van der Waals surface area (Å²) in [4.78, 5) is 4.31. The molecule has 3 nitrogen and oxygen atoms in total. The molecule has 0 amide bonds. The van der Waals surface area contributed by atoms with Crippen LogP contribution in [0.15, 0.2) is 36.5 Å². The molecule has 1 atom stereocenters. The Morgan fingerprint density at radius 1 is 1.33 bits per heavy atom. The average Bonchev–Trinajstić information content (AvgIpc) is 2.31. The maximum Gasteiger partial charge on any atom is 0.123 e. The van der Waals surface area contributed by atoms with E-state index in [-0.39, 0.29) is 6.04 Å². The first kappa shape index (κ1) is 9.63. The molecular formula is C12H11N3. The molecule has 0 spiro atoms. The summed E-state index contributed by atoms with van der Waals surface area (Å²) in [5.74, 6) is 0. The zero-order valence-electron chi connectivity index (χ0n) is 8.44. The Morgan fingerprint density at radius 3 is 2.87 bits per heavy atom. The topological polar surface area (TPSA) is 48.7 Å². The van der Waals surface area contributed by atoms with Crippen molar-refractivity contribution in [2.45, 2.75) is 6.04 Å². The van der Waals surface area contributed by atoms with Gasteiger partial charge in [-0.1, -0.05) is 24.3 Å². The van der Waals surface area contributed by atoms with E-state index in [2.05, 4.69) is 16.4 Å². The van der Waals surface area contributed by atoms with Gasteiger partial charge in [-0.2, -0.15) is 5.26 Å². The van der Waals surface area contributed by atoms with E-state index in [0.29, 0.717) is 0 Å². The van der Waals surface area contributed by atoms with Gasteiger partial charge in [0.25, 0.3) is 0 Å². The highest BCUT2D eigenvalue weighted by Gasteiger charge is 2.11. The number of aromatic nitrogens is 1. The Bertz CT molecular complexity index is 508. The number of hydrogen-bond acceptors (Lipinski definition) is 3. The SMILES string of the molecule is CNC(C#N)c1cccc2cccnc12.